The number of hydrogen-bond donors (Lipinski definition) is 1. The Bertz CT molecular complexity index is 275. The maximum Gasteiger partial charge on any atom is 0.0108 e. The molecule has 2 fully saturated rings. The highest BCUT2D eigenvalue weighted by Crippen LogP contribution is 2.33. The fourth-order valence-corrected chi connectivity index (χ4v) is 4.24. The molecule has 0 amide bonds. The fraction of sp³-hybridized carbons (Fsp3) is 1.00. The van der Waals surface area contributed by atoms with Crippen molar-refractivity contribution in [2.75, 3.05) is 26.2 Å². The third kappa shape index (κ3) is 5.25. The fourth-order valence-electron chi connectivity index (χ4n) is 4.24. The molecule has 2 nitrogen and oxygen atoms in total. The van der Waals surface area contributed by atoms with Crippen LogP contribution in [0.25, 0.3) is 0 Å². The predicted octanol–water partition coefficient (Wildman–Crippen LogP) is 4.30. The smallest absolute Gasteiger partial charge is 0.0108 e. The minimum absolute atomic E-state index is 0.781. The van der Waals surface area contributed by atoms with Crippen LogP contribution in [0.4, 0.5) is 0 Å². The van der Waals surface area contributed by atoms with Gasteiger partial charge < -0.3 is 10.2 Å². The zero-order valence-electron chi connectivity index (χ0n) is 14.7. The van der Waals surface area contributed by atoms with E-state index >= 15 is 0 Å². The molecule has 0 aliphatic heterocycles. The zero-order chi connectivity index (χ0) is 15.1. The topological polar surface area (TPSA) is 15.3 Å². The van der Waals surface area contributed by atoms with Gasteiger partial charge in [0, 0.05) is 19.1 Å². The Labute approximate surface area is 133 Å². The van der Waals surface area contributed by atoms with Crippen molar-refractivity contribution < 1.29 is 0 Å². The van der Waals surface area contributed by atoms with E-state index < -0.39 is 0 Å². The van der Waals surface area contributed by atoms with Gasteiger partial charge in [0.1, 0.15) is 0 Å². The van der Waals surface area contributed by atoms with Gasteiger partial charge in [-0.15, -0.1) is 0 Å². The number of hydrogen-bond acceptors (Lipinski definition) is 2. The van der Waals surface area contributed by atoms with Crippen molar-refractivity contribution in [3.63, 3.8) is 0 Å². The Balaban J connectivity index is 1.86. The van der Waals surface area contributed by atoms with Gasteiger partial charge in [-0.05, 0) is 69.4 Å². The van der Waals surface area contributed by atoms with Crippen molar-refractivity contribution in [1.29, 1.82) is 0 Å². The Hall–Kier alpha value is -0.0800. The molecule has 3 atom stereocenters. The summed E-state index contributed by atoms with van der Waals surface area (Å²) in [7, 11) is 0. The molecule has 3 unspecified atom stereocenters. The Morgan fingerprint density at radius 1 is 0.952 bits per heavy atom. The molecule has 124 valence electrons. The molecule has 21 heavy (non-hydrogen) atoms. The van der Waals surface area contributed by atoms with Gasteiger partial charge in [-0.2, -0.15) is 0 Å². The minimum Gasteiger partial charge on any atom is -0.314 e. The first-order chi connectivity index (χ1) is 10.3. The summed E-state index contributed by atoms with van der Waals surface area (Å²) in [4.78, 5) is 2.76. The molecule has 2 aliphatic rings. The average Bonchev–Trinajstić information content (AvgIpc) is 2.47. The second kappa shape index (κ2) is 9.15. The summed E-state index contributed by atoms with van der Waals surface area (Å²) in [6.45, 7) is 12.2. The summed E-state index contributed by atoms with van der Waals surface area (Å²) in [5.74, 6) is 2.88. The van der Waals surface area contributed by atoms with Gasteiger partial charge in [-0.3, -0.25) is 0 Å². The quantitative estimate of drug-likeness (QED) is 0.682. The van der Waals surface area contributed by atoms with Crippen molar-refractivity contribution in [2.45, 2.75) is 78.2 Å². The van der Waals surface area contributed by atoms with Crippen LogP contribution in [0.3, 0.4) is 0 Å². The van der Waals surface area contributed by atoms with Crippen LogP contribution in [0, 0.1) is 17.8 Å². The van der Waals surface area contributed by atoms with Crippen LogP contribution in [0.1, 0.15) is 72.1 Å². The van der Waals surface area contributed by atoms with Crippen LogP contribution < -0.4 is 5.32 Å². The van der Waals surface area contributed by atoms with Gasteiger partial charge in [-0.25, -0.2) is 0 Å². The van der Waals surface area contributed by atoms with Crippen LogP contribution in [-0.2, 0) is 0 Å². The Morgan fingerprint density at radius 3 is 2.33 bits per heavy atom. The van der Waals surface area contributed by atoms with Gasteiger partial charge in [0.25, 0.3) is 0 Å². The Morgan fingerprint density at radius 2 is 1.76 bits per heavy atom. The van der Waals surface area contributed by atoms with Gasteiger partial charge in [0.05, 0.1) is 0 Å². The highest BCUT2D eigenvalue weighted by molar-refractivity contribution is 4.87. The van der Waals surface area contributed by atoms with Gasteiger partial charge in [0.2, 0.25) is 0 Å². The van der Waals surface area contributed by atoms with E-state index in [1.54, 1.807) is 0 Å². The van der Waals surface area contributed by atoms with E-state index in [0.717, 1.165) is 23.8 Å². The van der Waals surface area contributed by atoms with Gasteiger partial charge >= 0.3 is 0 Å². The van der Waals surface area contributed by atoms with Crippen molar-refractivity contribution in [3.8, 4) is 0 Å². The van der Waals surface area contributed by atoms with Crippen LogP contribution in [0.5, 0.6) is 0 Å². The number of nitrogens with one attached hydrogen (secondary N) is 1. The molecule has 0 saturated heterocycles. The van der Waals surface area contributed by atoms with Crippen LogP contribution in [-0.4, -0.2) is 37.1 Å². The minimum atomic E-state index is 0.781. The van der Waals surface area contributed by atoms with Crippen molar-refractivity contribution in [1.82, 2.24) is 10.2 Å². The molecule has 2 aliphatic carbocycles. The lowest BCUT2D eigenvalue weighted by molar-refractivity contribution is 0.114. The summed E-state index contributed by atoms with van der Waals surface area (Å²) in [6.07, 6.45) is 11.4. The molecule has 0 aromatic heterocycles. The van der Waals surface area contributed by atoms with Crippen LogP contribution >= 0.6 is 0 Å². The lowest BCUT2D eigenvalue weighted by atomic mass is 9.76. The molecular formula is C19H38N2. The summed E-state index contributed by atoms with van der Waals surface area (Å²) >= 11 is 0. The zero-order valence-corrected chi connectivity index (χ0v) is 14.7. The molecule has 2 rings (SSSR count). The van der Waals surface area contributed by atoms with E-state index in [0.29, 0.717) is 0 Å². The Kier molecular flexibility index (Phi) is 7.53. The molecule has 1 N–H and O–H groups in total. The molecule has 2 heteroatoms. The highest BCUT2D eigenvalue weighted by atomic mass is 15.1. The molecule has 0 heterocycles. The molecule has 0 radical (unpaired) electrons. The highest BCUT2D eigenvalue weighted by Gasteiger charge is 2.31. The van der Waals surface area contributed by atoms with Crippen LogP contribution in [0.2, 0.25) is 0 Å². The van der Waals surface area contributed by atoms with E-state index in [1.807, 2.05) is 0 Å². The largest absolute Gasteiger partial charge is 0.314 e. The van der Waals surface area contributed by atoms with E-state index in [9.17, 15) is 0 Å². The summed E-state index contributed by atoms with van der Waals surface area (Å²) < 4.78 is 0. The molecule has 0 aromatic carbocycles. The second-order valence-corrected chi connectivity index (χ2v) is 7.56. The first-order valence-electron chi connectivity index (χ1n) is 9.72. The predicted molar refractivity (Wildman–Crippen MR) is 92.7 cm³/mol. The van der Waals surface area contributed by atoms with E-state index in [4.69, 9.17) is 0 Å². The lowest BCUT2D eigenvalue weighted by Gasteiger charge is -2.40. The molecule has 2 saturated carbocycles. The second-order valence-electron chi connectivity index (χ2n) is 7.56. The average molecular weight is 295 g/mol. The van der Waals surface area contributed by atoms with E-state index in [-0.39, 0.29) is 0 Å². The summed E-state index contributed by atoms with van der Waals surface area (Å²) in [5, 5.41) is 3.85. The monoisotopic (exact) mass is 294 g/mol. The third-order valence-corrected chi connectivity index (χ3v) is 6.01. The first kappa shape index (κ1) is 17.3. The van der Waals surface area contributed by atoms with Crippen molar-refractivity contribution in [2.24, 2.45) is 17.8 Å². The van der Waals surface area contributed by atoms with E-state index in [1.165, 1.54) is 77.5 Å². The summed E-state index contributed by atoms with van der Waals surface area (Å²) in [6, 6.07) is 0.781. The lowest BCUT2D eigenvalue weighted by Crippen LogP contribution is -2.47. The molecule has 0 spiro atoms. The third-order valence-electron chi connectivity index (χ3n) is 6.01. The number of rotatable bonds is 9. The SMILES string of the molecule is CCCNC1CCC(CC)CC1CN(CC)CC1CCC1. The standard InChI is InChI=1S/C19H38N2/c1-4-12-20-19-11-10-16(5-2)13-18(19)15-21(6-3)14-17-8-7-9-17/h16-20H,4-15H2,1-3H3. The van der Waals surface area contributed by atoms with Crippen molar-refractivity contribution >= 4 is 0 Å². The molecule has 0 aromatic rings. The van der Waals surface area contributed by atoms with Gasteiger partial charge in [0.15, 0.2) is 0 Å². The van der Waals surface area contributed by atoms with Gasteiger partial charge in [-0.1, -0.05) is 33.6 Å². The van der Waals surface area contributed by atoms with Crippen LogP contribution in [0.15, 0.2) is 0 Å². The first-order valence-corrected chi connectivity index (χ1v) is 9.72. The number of nitrogens with zero attached hydrogens (tertiary/aromatic N) is 1. The maximum atomic E-state index is 3.85. The van der Waals surface area contributed by atoms with Crippen molar-refractivity contribution in [3.05, 3.63) is 0 Å². The summed E-state index contributed by atoms with van der Waals surface area (Å²) in [5.41, 5.74) is 0. The molecular weight excluding hydrogens is 256 g/mol. The normalized spacial score (nSPS) is 30.6. The van der Waals surface area contributed by atoms with E-state index in [2.05, 4.69) is 31.0 Å². The maximum absolute atomic E-state index is 3.85. The molecule has 0 bridgehead atoms.